The van der Waals surface area contributed by atoms with Gasteiger partial charge in [0.15, 0.2) is 0 Å². The van der Waals surface area contributed by atoms with Crippen molar-refractivity contribution in [3.8, 4) is 5.75 Å². The molecule has 2 aromatic rings. The van der Waals surface area contributed by atoms with Crippen LogP contribution in [0.15, 0.2) is 36.4 Å². The molecule has 1 amide bonds. The van der Waals surface area contributed by atoms with E-state index < -0.39 is 0 Å². The minimum Gasteiger partial charge on any atom is -0.496 e. The third-order valence-electron chi connectivity index (χ3n) is 2.95. The molecule has 20 heavy (non-hydrogen) atoms. The van der Waals surface area contributed by atoms with Crippen molar-refractivity contribution in [3.63, 3.8) is 0 Å². The Balaban J connectivity index is 2.24. The number of methoxy groups -OCH3 is 1. The van der Waals surface area contributed by atoms with Gasteiger partial charge >= 0.3 is 0 Å². The number of para-hydroxylation sites is 1. The molecule has 0 saturated heterocycles. The van der Waals surface area contributed by atoms with Crippen LogP contribution in [0, 0.1) is 6.92 Å². The third-order valence-corrected chi connectivity index (χ3v) is 3.28. The largest absolute Gasteiger partial charge is 0.496 e. The van der Waals surface area contributed by atoms with Crippen LogP contribution in [0.1, 0.15) is 15.9 Å². The molecular formula is C15H15ClN2O2. The summed E-state index contributed by atoms with van der Waals surface area (Å²) in [7, 11) is 1.60. The number of amides is 1. The van der Waals surface area contributed by atoms with Crippen molar-refractivity contribution in [3.05, 3.63) is 52.5 Å². The van der Waals surface area contributed by atoms with Crippen LogP contribution in [-0.4, -0.2) is 13.0 Å². The van der Waals surface area contributed by atoms with Crippen LogP contribution < -0.4 is 15.8 Å². The summed E-state index contributed by atoms with van der Waals surface area (Å²) in [6, 6.07) is 10.4. The van der Waals surface area contributed by atoms with Crippen LogP contribution in [0.4, 0.5) is 11.4 Å². The summed E-state index contributed by atoms with van der Waals surface area (Å²) in [5, 5.41) is 3.15. The molecule has 0 radical (unpaired) electrons. The Bertz CT molecular complexity index is 656. The zero-order valence-corrected chi connectivity index (χ0v) is 12.0. The molecule has 4 nitrogen and oxygen atoms in total. The number of halogens is 1. The fourth-order valence-corrected chi connectivity index (χ4v) is 2.06. The van der Waals surface area contributed by atoms with Gasteiger partial charge in [-0.2, -0.15) is 0 Å². The number of nitrogen functional groups attached to an aromatic ring is 1. The molecule has 5 heteroatoms. The number of hydrogen-bond donors (Lipinski definition) is 2. The molecule has 0 heterocycles. The van der Waals surface area contributed by atoms with Crippen molar-refractivity contribution in [1.29, 1.82) is 0 Å². The van der Waals surface area contributed by atoms with Crippen molar-refractivity contribution in [2.24, 2.45) is 0 Å². The molecule has 2 aromatic carbocycles. The minimum atomic E-state index is -0.297. The average molecular weight is 291 g/mol. The first-order valence-corrected chi connectivity index (χ1v) is 6.40. The first-order valence-electron chi connectivity index (χ1n) is 6.03. The lowest BCUT2D eigenvalue weighted by molar-refractivity contribution is 0.102. The Morgan fingerprint density at radius 2 is 2.05 bits per heavy atom. The molecule has 0 fully saturated rings. The number of nitrogens with two attached hydrogens (primary N) is 1. The summed E-state index contributed by atoms with van der Waals surface area (Å²) in [6.45, 7) is 1.90. The van der Waals surface area contributed by atoms with E-state index in [0.717, 1.165) is 11.3 Å². The highest BCUT2D eigenvalue weighted by atomic mass is 35.5. The number of carbonyl (C=O) groups excluding carboxylic acids is 1. The maximum Gasteiger partial charge on any atom is 0.257 e. The Kier molecular flexibility index (Phi) is 4.15. The van der Waals surface area contributed by atoms with Gasteiger partial charge in [0, 0.05) is 5.69 Å². The number of anilines is 2. The highest BCUT2D eigenvalue weighted by molar-refractivity contribution is 6.34. The molecule has 0 bridgehead atoms. The van der Waals surface area contributed by atoms with Crippen LogP contribution in [0.5, 0.6) is 5.75 Å². The van der Waals surface area contributed by atoms with Gasteiger partial charge in [-0.1, -0.05) is 17.7 Å². The van der Waals surface area contributed by atoms with E-state index in [1.165, 1.54) is 0 Å². The molecule has 104 valence electrons. The predicted molar refractivity (Wildman–Crippen MR) is 81.5 cm³/mol. The number of carbonyl (C=O) groups is 1. The van der Waals surface area contributed by atoms with Gasteiger partial charge < -0.3 is 15.8 Å². The number of ether oxygens (including phenoxy) is 1. The van der Waals surface area contributed by atoms with E-state index in [4.69, 9.17) is 22.1 Å². The van der Waals surface area contributed by atoms with Crippen LogP contribution >= 0.6 is 11.6 Å². The number of rotatable bonds is 3. The lowest BCUT2D eigenvalue weighted by Crippen LogP contribution is -2.14. The molecule has 0 saturated carbocycles. The Labute approximate surface area is 122 Å². The van der Waals surface area contributed by atoms with Crippen molar-refractivity contribution in [1.82, 2.24) is 0 Å². The summed E-state index contributed by atoms with van der Waals surface area (Å²) in [5.41, 5.74) is 8.04. The van der Waals surface area contributed by atoms with Gasteiger partial charge in [0.25, 0.3) is 5.91 Å². The zero-order valence-electron chi connectivity index (χ0n) is 11.2. The molecule has 3 N–H and O–H groups in total. The van der Waals surface area contributed by atoms with E-state index in [1.807, 2.05) is 13.0 Å². The number of hydrogen-bond acceptors (Lipinski definition) is 3. The maximum atomic E-state index is 12.2. The van der Waals surface area contributed by atoms with Gasteiger partial charge in [0.2, 0.25) is 0 Å². The second-order valence-corrected chi connectivity index (χ2v) is 4.75. The Morgan fingerprint density at radius 3 is 2.70 bits per heavy atom. The summed E-state index contributed by atoms with van der Waals surface area (Å²) in [4.78, 5) is 12.2. The molecule has 0 aliphatic rings. The van der Waals surface area contributed by atoms with Crippen molar-refractivity contribution in [2.75, 3.05) is 18.2 Å². The average Bonchev–Trinajstić information content (AvgIpc) is 2.42. The first kappa shape index (κ1) is 14.2. The molecule has 0 aromatic heterocycles. The highest BCUT2D eigenvalue weighted by Crippen LogP contribution is 2.25. The van der Waals surface area contributed by atoms with E-state index in [0.29, 0.717) is 16.3 Å². The zero-order chi connectivity index (χ0) is 14.7. The van der Waals surface area contributed by atoms with E-state index in [-0.39, 0.29) is 11.6 Å². The molecule has 0 aliphatic heterocycles. The van der Waals surface area contributed by atoms with Crippen LogP contribution in [0.25, 0.3) is 0 Å². The second kappa shape index (κ2) is 5.84. The third kappa shape index (κ3) is 2.86. The highest BCUT2D eigenvalue weighted by Gasteiger charge is 2.12. The lowest BCUT2D eigenvalue weighted by atomic mass is 10.1. The van der Waals surface area contributed by atoms with Crippen molar-refractivity contribution < 1.29 is 9.53 Å². The van der Waals surface area contributed by atoms with E-state index in [9.17, 15) is 4.79 Å². The summed E-state index contributed by atoms with van der Waals surface area (Å²) < 4.78 is 5.17. The van der Waals surface area contributed by atoms with Gasteiger partial charge in [-0.25, -0.2) is 0 Å². The SMILES string of the molecule is COc1ccc(NC(=O)c2cccc(Cl)c2N)cc1C. The second-order valence-electron chi connectivity index (χ2n) is 4.34. The van der Waals surface area contributed by atoms with E-state index in [1.54, 1.807) is 37.4 Å². The number of aryl methyl sites for hydroxylation is 1. The smallest absolute Gasteiger partial charge is 0.257 e. The molecule has 2 rings (SSSR count). The van der Waals surface area contributed by atoms with Gasteiger partial charge in [0.05, 0.1) is 23.4 Å². The topological polar surface area (TPSA) is 64.3 Å². The fraction of sp³-hybridized carbons (Fsp3) is 0.133. The first-order chi connectivity index (χ1) is 9.52. The standard InChI is InChI=1S/C15H15ClN2O2/c1-9-8-10(6-7-13(9)20-2)18-15(19)11-4-3-5-12(16)14(11)17/h3-8H,17H2,1-2H3,(H,18,19). The summed E-state index contributed by atoms with van der Waals surface area (Å²) >= 11 is 5.90. The van der Waals surface area contributed by atoms with Gasteiger partial charge in [-0.15, -0.1) is 0 Å². The molecule has 0 unspecified atom stereocenters. The van der Waals surface area contributed by atoms with Crippen LogP contribution in [0.2, 0.25) is 5.02 Å². The predicted octanol–water partition coefficient (Wildman–Crippen LogP) is 3.49. The maximum absolute atomic E-state index is 12.2. The minimum absolute atomic E-state index is 0.275. The fourth-order valence-electron chi connectivity index (χ4n) is 1.89. The lowest BCUT2D eigenvalue weighted by Gasteiger charge is -2.10. The van der Waals surface area contributed by atoms with Gasteiger partial charge in [-0.3, -0.25) is 4.79 Å². The molecule has 0 aliphatic carbocycles. The molecular weight excluding hydrogens is 276 g/mol. The van der Waals surface area contributed by atoms with Crippen molar-refractivity contribution >= 4 is 28.9 Å². The Morgan fingerprint density at radius 1 is 1.30 bits per heavy atom. The van der Waals surface area contributed by atoms with Gasteiger partial charge in [-0.05, 0) is 42.8 Å². The molecule has 0 spiro atoms. The summed E-state index contributed by atoms with van der Waals surface area (Å²) in [5.74, 6) is 0.472. The van der Waals surface area contributed by atoms with Crippen LogP contribution in [-0.2, 0) is 0 Å². The quantitative estimate of drug-likeness (QED) is 0.851. The van der Waals surface area contributed by atoms with Crippen LogP contribution in [0.3, 0.4) is 0 Å². The van der Waals surface area contributed by atoms with E-state index in [2.05, 4.69) is 5.32 Å². The molecule has 0 atom stereocenters. The number of nitrogens with one attached hydrogen (secondary N) is 1. The van der Waals surface area contributed by atoms with Gasteiger partial charge in [0.1, 0.15) is 5.75 Å². The monoisotopic (exact) mass is 290 g/mol. The van der Waals surface area contributed by atoms with E-state index >= 15 is 0 Å². The normalized spacial score (nSPS) is 10.2. The summed E-state index contributed by atoms with van der Waals surface area (Å²) in [6.07, 6.45) is 0. The van der Waals surface area contributed by atoms with Crippen molar-refractivity contribution in [2.45, 2.75) is 6.92 Å². The number of benzene rings is 2. The Hall–Kier alpha value is -2.20.